The van der Waals surface area contributed by atoms with Crippen LogP contribution in [0, 0.1) is 0 Å². The number of fused-ring (bicyclic) bond motifs is 1. The fourth-order valence-corrected chi connectivity index (χ4v) is 4.23. The number of piperazine rings is 1. The Morgan fingerprint density at radius 3 is 2.81 bits per heavy atom. The lowest BCUT2D eigenvalue weighted by molar-refractivity contribution is 0.0702. The number of allylic oxidation sites excluding steroid dienone is 1. The Bertz CT molecular complexity index is 724. The van der Waals surface area contributed by atoms with E-state index in [9.17, 15) is 5.11 Å². The molecule has 2 saturated heterocycles. The second-order valence-electron chi connectivity index (χ2n) is 7.29. The third-order valence-corrected chi connectivity index (χ3v) is 5.69. The summed E-state index contributed by atoms with van der Waals surface area (Å²) in [6.07, 6.45) is 3.11. The number of phenols is 1. The second-order valence-corrected chi connectivity index (χ2v) is 7.29. The van der Waals surface area contributed by atoms with Gasteiger partial charge in [0.1, 0.15) is 11.6 Å². The van der Waals surface area contributed by atoms with Crippen molar-refractivity contribution in [2.45, 2.75) is 18.5 Å². The van der Waals surface area contributed by atoms with E-state index in [1.165, 1.54) is 6.42 Å². The molecule has 3 heterocycles. The summed E-state index contributed by atoms with van der Waals surface area (Å²) in [5.74, 6) is 0.829. The Labute approximate surface area is 154 Å². The first-order chi connectivity index (χ1) is 12.6. The summed E-state index contributed by atoms with van der Waals surface area (Å²) in [6, 6.07) is 8.13. The van der Waals surface area contributed by atoms with Crippen molar-refractivity contribution in [1.29, 1.82) is 0 Å². The van der Waals surface area contributed by atoms with Crippen molar-refractivity contribution in [2.75, 3.05) is 39.3 Å². The van der Waals surface area contributed by atoms with Crippen molar-refractivity contribution in [3.63, 3.8) is 0 Å². The van der Waals surface area contributed by atoms with Crippen molar-refractivity contribution < 1.29 is 5.11 Å². The third-order valence-electron chi connectivity index (χ3n) is 5.69. The maximum atomic E-state index is 10.1. The van der Waals surface area contributed by atoms with Crippen LogP contribution >= 0.6 is 0 Å². The van der Waals surface area contributed by atoms with Crippen molar-refractivity contribution in [3.05, 3.63) is 47.4 Å². The van der Waals surface area contributed by atoms with E-state index >= 15 is 0 Å². The second kappa shape index (κ2) is 7.09. The summed E-state index contributed by atoms with van der Waals surface area (Å²) < 4.78 is 0. The molecule has 7 N–H and O–H groups in total. The Kier molecular flexibility index (Phi) is 4.65. The van der Waals surface area contributed by atoms with E-state index in [0.717, 1.165) is 45.0 Å². The molecule has 0 aromatic heterocycles. The van der Waals surface area contributed by atoms with Gasteiger partial charge in [0.25, 0.3) is 0 Å². The first-order valence-corrected chi connectivity index (χ1v) is 9.34. The molecule has 2 unspecified atom stereocenters. The number of phenolic OH excluding ortho intramolecular Hbond substituents is 1. The third kappa shape index (κ3) is 3.20. The number of hydrogen-bond acceptors (Lipinski definition) is 7. The molecular formula is C19H28N6O. The minimum Gasteiger partial charge on any atom is -0.507 e. The van der Waals surface area contributed by atoms with Gasteiger partial charge in [-0.15, -0.1) is 0 Å². The number of benzene rings is 1. The molecule has 0 spiro atoms. The van der Waals surface area contributed by atoms with Gasteiger partial charge in [0, 0.05) is 50.0 Å². The molecule has 3 aliphatic rings. The molecule has 7 heteroatoms. The summed E-state index contributed by atoms with van der Waals surface area (Å²) >= 11 is 0. The predicted molar refractivity (Wildman–Crippen MR) is 103 cm³/mol. The molecule has 2 atom stereocenters. The fraction of sp³-hybridized carbons (Fsp3) is 0.474. The molecule has 0 aliphatic carbocycles. The highest BCUT2D eigenvalue weighted by Crippen LogP contribution is 2.27. The SMILES string of the molecule is NC1=C(/C=C(\N)c2ccccc2O)N2CCN(C3CCNC3)CC2CN1. The zero-order chi connectivity index (χ0) is 18.1. The Morgan fingerprint density at radius 1 is 1.19 bits per heavy atom. The topological polar surface area (TPSA) is 103 Å². The van der Waals surface area contributed by atoms with Crippen LogP contribution in [0.3, 0.4) is 0 Å². The number of rotatable bonds is 3. The highest BCUT2D eigenvalue weighted by Gasteiger charge is 2.35. The van der Waals surface area contributed by atoms with Gasteiger partial charge < -0.3 is 32.1 Å². The van der Waals surface area contributed by atoms with Crippen LogP contribution in [0.2, 0.25) is 0 Å². The minimum atomic E-state index is 0.180. The Hall–Kier alpha value is -2.38. The number of nitrogens with two attached hydrogens (primary N) is 2. The summed E-state index contributed by atoms with van der Waals surface area (Å²) in [5, 5.41) is 16.8. The largest absolute Gasteiger partial charge is 0.507 e. The van der Waals surface area contributed by atoms with Gasteiger partial charge in [0.15, 0.2) is 0 Å². The van der Waals surface area contributed by atoms with Crippen LogP contribution in [0.25, 0.3) is 5.70 Å². The molecule has 140 valence electrons. The summed E-state index contributed by atoms with van der Waals surface area (Å²) in [4.78, 5) is 4.95. The fourth-order valence-electron chi connectivity index (χ4n) is 4.23. The molecule has 26 heavy (non-hydrogen) atoms. The van der Waals surface area contributed by atoms with Gasteiger partial charge >= 0.3 is 0 Å². The zero-order valence-corrected chi connectivity index (χ0v) is 15.0. The average Bonchev–Trinajstić information content (AvgIpc) is 3.18. The minimum absolute atomic E-state index is 0.180. The van der Waals surface area contributed by atoms with E-state index < -0.39 is 0 Å². The van der Waals surface area contributed by atoms with E-state index in [1.807, 2.05) is 18.2 Å². The Balaban J connectivity index is 1.55. The lowest BCUT2D eigenvalue weighted by Gasteiger charge is -2.47. The number of nitrogens with zero attached hydrogens (tertiary/aromatic N) is 2. The molecule has 0 bridgehead atoms. The van der Waals surface area contributed by atoms with Crippen molar-refractivity contribution in [3.8, 4) is 5.75 Å². The molecule has 1 aromatic carbocycles. The van der Waals surface area contributed by atoms with Crippen LogP contribution in [0.15, 0.2) is 41.9 Å². The Morgan fingerprint density at radius 2 is 2.04 bits per heavy atom. The highest BCUT2D eigenvalue weighted by atomic mass is 16.3. The van der Waals surface area contributed by atoms with Gasteiger partial charge in [-0.25, -0.2) is 0 Å². The molecular weight excluding hydrogens is 328 g/mol. The zero-order valence-electron chi connectivity index (χ0n) is 15.0. The van der Waals surface area contributed by atoms with E-state index in [-0.39, 0.29) is 5.75 Å². The van der Waals surface area contributed by atoms with E-state index in [2.05, 4.69) is 20.4 Å². The first-order valence-electron chi connectivity index (χ1n) is 9.34. The van der Waals surface area contributed by atoms with Crippen molar-refractivity contribution in [2.24, 2.45) is 11.5 Å². The number of hydrogen-bond donors (Lipinski definition) is 5. The van der Waals surface area contributed by atoms with Gasteiger partial charge in [-0.1, -0.05) is 12.1 Å². The molecule has 0 amide bonds. The molecule has 3 aliphatic heterocycles. The highest BCUT2D eigenvalue weighted by molar-refractivity contribution is 5.70. The van der Waals surface area contributed by atoms with Gasteiger partial charge in [-0.3, -0.25) is 4.90 Å². The number of nitrogens with one attached hydrogen (secondary N) is 2. The standard InChI is InChI=1S/C19H28N6O/c20-16(15-3-1-2-4-18(15)26)9-17-19(21)23-11-14-12-24(7-8-25(14)17)13-5-6-22-10-13/h1-4,9,13-14,22-23,26H,5-8,10-12,20-21H2/b16-9-. The lowest BCUT2D eigenvalue weighted by Crippen LogP contribution is -2.61. The summed E-state index contributed by atoms with van der Waals surface area (Å²) in [6.45, 7) is 6.04. The first kappa shape index (κ1) is 17.1. The predicted octanol–water partition coefficient (Wildman–Crippen LogP) is -0.229. The van der Waals surface area contributed by atoms with Crippen LogP contribution in [0.4, 0.5) is 0 Å². The van der Waals surface area contributed by atoms with Gasteiger partial charge in [-0.2, -0.15) is 0 Å². The van der Waals surface area contributed by atoms with E-state index in [0.29, 0.717) is 29.2 Å². The van der Waals surface area contributed by atoms with Crippen LogP contribution in [-0.2, 0) is 0 Å². The van der Waals surface area contributed by atoms with Crippen LogP contribution in [0.5, 0.6) is 5.75 Å². The summed E-state index contributed by atoms with van der Waals surface area (Å²) in [5.41, 5.74) is 14.6. The lowest BCUT2D eigenvalue weighted by atomic mass is 10.0. The van der Waals surface area contributed by atoms with E-state index in [1.54, 1.807) is 12.1 Å². The summed E-state index contributed by atoms with van der Waals surface area (Å²) in [7, 11) is 0. The maximum Gasteiger partial charge on any atom is 0.124 e. The van der Waals surface area contributed by atoms with Gasteiger partial charge in [0.2, 0.25) is 0 Å². The molecule has 2 fully saturated rings. The van der Waals surface area contributed by atoms with Crippen LogP contribution in [0.1, 0.15) is 12.0 Å². The quantitative estimate of drug-likeness (QED) is 0.510. The van der Waals surface area contributed by atoms with Crippen molar-refractivity contribution >= 4 is 5.70 Å². The van der Waals surface area contributed by atoms with Gasteiger partial charge in [0.05, 0.1) is 11.7 Å². The molecule has 7 nitrogen and oxygen atoms in total. The van der Waals surface area contributed by atoms with E-state index in [4.69, 9.17) is 11.5 Å². The average molecular weight is 356 g/mol. The van der Waals surface area contributed by atoms with Crippen LogP contribution < -0.4 is 22.1 Å². The maximum absolute atomic E-state index is 10.1. The molecule has 1 aromatic rings. The van der Waals surface area contributed by atoms with Gasteiger partial charge in [-0.05, 0) is 31.2 Å². The molecule has 0 radical (unpaired) electrons. The smallest absolute Gasteiger partial charge is 0.124 e. The number of aromatic hydroxyl groups is 1. The normalized spacial score (nSPS) is 27.4. The van der Waals surface area contributed by atoms with Crippen molar-refractivity contribution in [1.82, 2.24) is 20.4 Å². The molecule has 4 rings (SSSR count). The number of para-hydroxylation sites is 1. The molecule has 0 saturated carbocycles. The monoisotopic (exact) mass is 356 g/mol. The van der Waals surface area contributed by atoms with Crippen LogP contribution in [-0.4, -0.2) is 66.3 Å².